The predicted octanol–water partition coefficient (Wildman–Crippen LogP) is 3.53. The second kappa shape index (κ2) is 4.12. The van der Waals surface area contributed by atoms with Gasteiger partial charge >= 0.3 is 0 Å². The van der Waals surface area contributed by atoms with Crippen molar-refractivity contribution in [3.63, 3.8) is 0 Å². The smallest absolute Gasteiger partial charge is 0.205 e. The number of para-hydroxylation sites is 1. The summed E-state index contributed by atoms with van der Waals surface area (Å²) < 4.78 is 2.03. The molecule has 3 nitrogen and oxygen atoms in total. The van der Waals surface area contributed by atoms with E-state index in [4.69, 9.17) is 5.73 Å². The highest BCUT2D eigenvalue weighted by atomic mass is 15.2. The van der Waals surface area contributed by atoms with E-state index in [2.05, 4.69) is 56.1 Å². The summed E-state index contributed by atoms with van der Waals surface area (Å²) in [5, 5.41) is 0. The Morgan fingerprint density at radius 3 is 2.58 bits per heavy atom. The molecule has 19 heavy (non-hydrogen) atoms. The molecule has 0 fully saturated rings. The quantitative estimate of drug-likeness (QED) is 0.719. The normalized spacial score (nSPS) is 11.1. The van der Waals surface area contributed by atoms with Gasteiger partial charge in [0, 0.05) is 0 Å². The lowest BCUT2D eigenvalue weighted by molar-refractivity contribution is 1.08. The standard InChI is InChI=1S/C16H17N3/c1-10-7-8-11(2)14(9-10)19-13-6-4-5-12(3)15(13)18-16(19)17/h4-9H,1-3H3,(H2,17,18). The van der Waals surface area contributed by atoms with Gasteiger partial charge in [0.1, 0.15) is 0 Å². The van der Waals surface area contributed by atoms with Crippen LogP contribution < -0.4 is 5.73 Å². The van der Waals surface area contributed by atoms with E-state index in [1.165, 1.54) is 11.1 Å². The van der Waals surface area contributed by atoms with Crippen LogP contribution in [-0.2, 0) is 0 Å². The summed E-state index contributed by atoms with van der Waals surface area (Å²) in [7, 11) is 0. The number of anilines is 1. The molecule has 0 radical (unpaired) electrons. The first-order valence-electron chi connectivity index (χ1n) is 6.39. The summed E-state index contributed by atoms with van der Waals surface area (Å²) in [6, 6.07) is 12.5. The van der Waals surface area contributed by atoms with Crippen LogP contribution in [0.25, 0.3) is 16.7 Å². The van der Waals surface area contributed by atoms with Gasteiger partial charge < -0.3 is 5.73 Å². The lowest BCUT2D eigenvalue weighted by atomic mass is 10.1. The third-order valence-corrected chi connectivity index (χ3v) is 3.52. The van der Waals surface area contributed by atoms with Gasteiger partial charge in [-0.25, -0.2) is 4.98 Å². The Labute approximate surface area is 112 Å². The van der Waals surface area contributed by atoms with Gasteiger partial charge in [-0.3, -0.25) is 4.57 Å². The number of hydrogen-bond acceptors (Lipinski definition) is 2. The molecule has 0 aliphatic carbocycles. The number of aryl methyl sites for hydroxylation is 3. The Bertz CT molecular complexity index is 769. The lowest BCUT2D eigenvalue weighted by Crippen LogP contribution is -2.02. The zero-order chi connectivity index (χ0) is 13.6. The van der Waals surface area contributed by atoms with Crippen molar-refractivity contribution in [2.45, 2.75) is 20.8 Å². The van der Waals surface area contributed by atoms with E-state index in [1.54, 1.807) is 0 Å². The fourth-order valence-electron chi connectivity index (χ4n) is 2.47. The topological polar surface area (TPSA) is 43.8 Å². The first-order chi connectivity index (χ1) is 9.08. The van der Waals surface area contributed by atoms with E-state index < -0.39 is 0 Å². The second-order valence-corrected chi connectivity index (χ2v) is 5.04. The zero-order valence-electron chi connectivity index (χ0n) is 11.4. The summed E-state index contributed by atoms with van der Waals surface area (Å²) in [5.74, 6) is 0.540. The van der Waals surface area contributed by atoms with Crippen LogP contribution >= 0.6 is 0 Å². The first-order valence-corrected chi connectivity index (χ1v) is 6.39. The molecule has 1 heterocycles. The largest absolute Gasteiger partial charge is 0.369 e. The van der Waals surface area contributed by atoms with Crippen molar-refractivity contribution < 1.29 is 0 Å². The highest BCUT2D eigenvalue weighted by Gasteiger charge is 2.12. The minimum absolute atomic E-state index is 0.540. The van der Waals surface area contributed by atoms with Crippen molar-refractivity contribution in [1.29, 1.82) is 0 Å². The van der Waals surface area contributed by atoms with Gasteiger partial charge in [-0.2, -0.15) is 0 Å². The Morgan fingerprint density at radius 2 is 1.79 bits per heavy atom. The van der Waals surface area contributed by atoms with Crippen molar-refractivity contribution in [2.75, 3.05) is 5.73 Å². The first kappa shape index (κ1) is 11.8. The number of nitrogen functional groups attached to an aromatic ring is 1. The molecule has 3 rings (SSSR count). The minimum Gasteiger partial charge on any atom is -0.369 e. The number of nitrogens with two attached hydrogens (primary N) is 1. The maximum absolute atomic E-state index is 6.13. The van der Waals surface area contributed by atoms with Gasteiger partial charge in [-0.15, -0.1) is 0 Å². The van der Waals surface area contributed by atoms with Crippen molar-refractivity contribution in [3.05, 3.63) is 53.1 Å². The van der Waals surface area contributed by atoms with E-state index in [0.29, 0.717) is 5.95 Å². The fraction of sp³-hybridized carbons (Fsp3) is 0.188. The molecule has 0 spiro atoms. The molecule has 0 aliphatic rings. The van der Waals surface area contributed by atoms with Crippen LogP contribution in [0.3, 0.4) is 0 Å². The van der Waals surface area contributed by atoms with Crippen molar-refractivity contribution >= 4 is 17.0 Å². The number of hydrogen-bond donors (Lipinski definition) is 1. The monoisotopic (exact) mass is 251 g/mol. The predicted molar refractivity (Wildman–Crippen MR) is 79.7 cm³/mol. The highest BCUT2D eigenvalue weighted by molar-refractivity contribution is 5.84. The summed E-state index contributed by atoms with van der Waals surface area (Å²) >= 11 is 0. The Morgan fingerprint density at radius 1 is 1.00 bits per heavy atom. The average molecular weight is 251 g/mol. The average Bonchev–Trinajstić information content (AvgIpc) is 2.70. The molecule has 0 saturated carbocycles. The number of imidazole rings is 1. The number of aromatic nitrogens is 2. The molecule has 3 heteroatoms. The lowest BCUT2D eigenvalue weighted by Gasteiger charge is -2.11. The van der Waals surface area contributed by atoms with E-state index in [-0.39, 0.29) is 0 Å². The molecule has 2 N–H and O–H groups in total. The Kier molecular flexibility index (Phi) is 2.56. The molecule has 0 unspecified atom stereocenters. The van der Waals surface area contributed by atoms with Crippen LogP contribution in [0.5, 0.6) is 0 Å². The van der Waals surface area contributed by atoms with Crippen LogP contribution in [0.4, 0.5) is 5.95 Å². The molecule has 1 aromatic heterocycles. The van der Waals surface area contributed by atoms with Gasteiger partial charge in [0.25, 0.3) is 0 Å². The van der Waals surface area contributed by atoms with E-state index >= 15 is 0 Å². The molecule has 0 saturated heterocycles. The Balaban J connectivity index is 2.39. The van der Waals surface area contributed by atoms with E-state index in [0.717, 1.165) is 22.3 Å². The summed E-state index contributed by atoms with van der Waals surface area (Å²) in [6.45, 7) is 6.24. The van der Waals surface area contributed by atoms with Crippen molar-refractivity contribution in [3.8, 4) is 5.69 Å². The molecular formula is C16H17N3. The zero-order valence-corrected chi connectivity index (χ0v) is 11.4. The van der Waals surface area contributed by atoms with Crippen LogP contribution in [0, 0.1) is 20.8 Å². The molecule has 0 amide bonds. The molecule has 2 aromatic carbocycles. The van der Waals surface area contributed by atoms with Crippen LogP contribution in [0.1, 0.15) is 16.7 Å². The maximum Gasteiger partial charge on any atom is 0.205 e. The van der Waals surface area contributed by atoms with Gasteiger partial charge in [-0.1, -0.05) is 24.3 Å². The third kappa shape index (κ3) is 1.78. The van der Waals surface area contributed by atoms with E-state index in [1.807, 2.05) is 10.6 Å². The SMILES string of the molecule is Cc1ccc(C)c(-n2c(N)nc3c(C)cccc32)c1. The molecule has 3 aromatic rings. The van der Waals surface area contributed by atoms with Crippen LogP contribution in [0.15, 0.2) is 36.4 Å². The number of nitrogens with zero attached hydrogens (tertiary/aromatic N) is 2. The van der Waals surface area contributed by atoms with Gasteiger partial charge in [0.15, 0.2) is 0 Å². The summed E-state index contributed by atoms with van der Waals surface area (Å²) in [4.78, 5) is 4.50. The number of fused-ring (bicyclic) bond motifs is 1. The molecule has 96 valence electrons. The minimum atomic E-state index is 0.540. The van der Waals surface area contributed by atoms with Crippen molar-refractivity contribution in [1.82, 2.24) is 9.55 Å². The molecular weight excluding hydrogens is 234 g/mol. The molecule has 0 atom stereocenters. The summed E-state index contributed by atoms with van der Waals surface area (Å²) in [6.07, 6.45) is 0. The van der Waals surface area contributed by atoms with Gasteiger partial charge in [-0.05, 0) is 49.6 Å². The van der Waals surface area contributed by atoms with Crippen LogP contribution in [0.2, 0.25) is 0 Å². The van der Waals surface area contributed by atoms with Gasteiger partial charge in [0.2, 0.25) is 5.95 Å². The maximum atomic E-state index is 6.13. The highest BCUT2D eigenvalue weighted by Crippen LogP contribution is 2.27. The molecule has 0 aliphatic heterocycles. The third-order valence-electron chi connectivity index (χ3n) is 3.52. The number of rotatable bonds is 1. The second-order valence-electron chi connectivity index (χ2n) is 5.04. The number of benzene rings is 2. The Hall–Kier alpha value is -2.29. The van der Waals surface area contributed by atoms with E-state index in [9.17, 15) is 0 Å². The molecule has 0 bridgehead atoms. The fourth-order valence-corrected chi connectivity index (χ4v) is 2.47. The summed E-state index contributed by atoms with van der Waals surface area (Å²) in [5.41, 5.74) is 12.8. The van der Waals surface area contributed by atoms with Crippen molar-refractivity contribution in [2.24, 2.45) is 0 Å². The van der Waals surface area contributed by atoms with Gasteiger partial charge in [0.05, 0.1) is 16.7 Å². The van der Waals surface area contributed by atoms with Crippen LogP contribution in [-0.4, -0.2) is 9.55 Å².